The zero-order valence-corrected chi connectivity index (χ0v) is 17.2. The molecule has 0 aliphatic rings. The summed E-state index contributed by atoms with van der Waals surface area (Å²) >= 11 is 0. The van der Waals surface area contributed by atoms with E-state index < -0.39 is 11.3 Å². The van der Waals surface area contributed by atoms with Crippen molar-refractivity contribution in [2.75, 3.05) is 13.2 Å². The molecule has 0 radical (unpaired) electrons. The number of furan rings is 2. The highest BCUT2D eigenvalue weighted by Crippen LogP contribution is 2.36. The van der Waals surface area contributed by atoms with Crippen LogP contribution in [0.5, 0.6) is 11.5 Å². The normalized spacial score (nSPS) is 11.6. The van der Waals surface area contributed by atoms with Crippen molar-refractivity contribution in [1.82, 2.24) is 0 Å². The van der Waals surface area contributed by atoms with Crippen molar-refractivity contribution in [3.8, 4) is 11.5 Å². The van der Waals surface area contributed by atoms with Gasteiger partial charge in [0.2, 0.25) is 11.5 Å². The number of rotatable bonds is 6. The van der Waals surface area contributed by atoms with Gasteiger partial charge in [-0.05, 0) is 36.4 Å². The van der Waals surface area contributed by atoms with Crippen LogP contribution in [0.3, 0.4) is 0 Å². The lowest BCUT2D eigenvalue weighted by Crippen LogP contribution is -2.07. The maximum atomic E-state index is 11.7. The first kappa shape index (κ1) is 19.2. The van der Waals surface area contributed by atoms with Gasteiger partial charge in [0.25, 0.3) is 0 Å². The Balaban J connectivity index is 1.24. The molecule has 8 heteroatoms. The van der Waals surface area contributed by atoms with Crippen molar-refractivity contribution in [2.24, 2.45) is 0 Å². The minimum absolute atomic E-state index is 0.267. The van der Waals surface area contributed by atoms with Crippen LogP contribution in [0.25, 0.3) is 43.9 Å². The zero-order valence-electron chi connectivity index (χ0n) is 17.2. The third kappa shape index (κ3) is 3.32. The van der Waals surface area contributed by atoms with E-state index in [1.165, 1.54) is 12.1 Å². The number of hydrogen-bond donors (Lipinski definition) is 0. The predicted molar refractivity (Wildman–Crippen MR) is 120 cm³/mol. The van der Waals surface area contributed by atoms with Crippen LogP contribution in [0.4, 0.5) is 0 Å². The van der Waals surface area contributed by atoms with Crippen molar-refractivity contribution >= 4 is 43.9 Å². The number of fused-ring (bicyclic) bond motifs is 4. The smallest absolute Gasteiger partial charge is 0.336 e. The fraction of sp³-hybridized carbons (Fsp3) is 0.120. The van der Waals surface area contributed by atoms with E-state index >= 15 is 0 Å². The fourth-order valence-corrected chi connectivity index (χ4v) is 3.88. The highest BCUT2D eigenvalue weighted by atomic mass is 16.5. The monoisotopic (exact) mass is 444 g/mol. The Morgan fingerprint density at radius 3 is 1.52 bits per heavy atom. The Hall–Kier alpha value is -4.46. The van der Waals surface area contributed by atoms with E-state index in [4.69, 9.17) is 27.1 Å². The molecule has 0 atom stereocenters. The first-order valence-electron chi connectivity index (χ1n) is 10.3. The highest BCUT2D eigenvalue weighted by Gasteiger charge is 2.16. The van der Waals surface area contributed by atoms with Crippen LogP contribution in [0.2, 0.25) is 0 Å². The van der Waals surface area contributed by atoms with Crippen LogP contribution in [-0.2, 0) is 0 Å². The molecule has 0 aliphatic carbocycles. The maximum Gasteiger partial charge on any atom is 0.336 e. The summed E-state index contributed by atoms with van der Waals surface area (Å²) in [7, 11) is 0. The summed E-state index contributed by atoms with van der Waals surface area (Å²) in [5.74, 6) is 0.740. The molecule has 33 heavy (non-hydrogen) atoms. The predicted octanol–water partition coefficient (Wildman–Crippen LogP) is 5.24. The van der Waals surface area contributed by atoms with Crippen molar-refractivity contribution in [3.05, 3.63) is 81.9 Å². The Morgan fingerprint density at radius 2 is 1.03 bits per heavy atom. The molecule has 6 rings (SSSR count). The van der Waals surface area contributed by atoms with Gasteiger partial charge < -0.3 is 27.1 Å². The molecule has 0 saturated heterocycles. The van der Waals surface area contributed by atoms with E-state index in [0.717, 1.165) is 21.5 Å². The Kier molecular flexibility index (Phi) is 4.43. The van der Waals surface area contributed by atoms with Gasteiger partial charge in [-0.2, -0.15) is 0 Å². The maximum absolute atomic E-state index is 11.7. The molecular formula is C25H16O8. The number of hydrogen-bond acceptors (Lipinski definition) is 8. The molecule has 6 aromatic rings. The first-order chi connectivity index (χ1) is 16.2. The second-order valence-corrected chi connectivity index (χ2v) is 7.49. The molecule has 4 heterocycles. The highest BCUT2D eigenvalue weighted by molar-refractivity contribution is 6.00. The minimum Gasteiger partial charge on any atom is -0.486 e. The quantitative estimate of drug-likeness (QED) is 0.254. The second-order valence-electron chi connectivity index (χ2n) is 7.49. The SMILES string of the molecule is O=c1ccc2cc3ccoc3c(OCCCOc3c4occc4cc4ccc(=O)oc34)c2o1. The van der Waals surface area contributed by atoms with Crippen LogP contribution in [0.15, 0.2) is 88.3 Å². The van der Waals surface area contributed by atoms with Crippen LogP contribution in [0.1, 0.15) is 6.42 Å². The standard InChI is InChI=1S/C25H16O8/c26-18-4-2-14-12-16-6-10-30-20(16)24(22(14)32-18)28-8-1-9-29-25-21-17(7-11-31-21)13-15-3-5-19(27)33-23(15)25/h2-7,10-13H,1,8-9H2. The summed E-state index contributed by atoms with van der Waals surface area (Å²) in [6, 6.07) is 13.5. The molecule has 164 valence electrons. The van der Waals surface area contributed by atoms with E-state index in [9.17, 15) is 9.59 Å². The van der Waals surface area contributed by atoms with Crippen LogP contribution in [0, 0.1) is 0 Å². The summed E-state index contributed by atoms with van der Waals surface area (Å²) in [4.78, 5) is 23.5. The molecule has 0 spiro atoms. The van der Waals surface area contributed by atoms with Crippen molar-refractivity contribution in [3.63, 3.8) is 0 Å². The van der Waals surface area contributed by atoms with E-state index in [-0.39, 0.29) is 13.2 Å². The second kappa shape index (κ2) is 7.59. The van der Waals surface area contributed by atoms with Gasteiger partial charge in [-0.3, -0.25) is 0 Å². The molecule has 2 aromatic carbocycles. The molecule has 0 unspecified atom stereocenters. The van der Waals surface area contributed by atoms with Crippen LogP contribution in [-0.4, -0.2) is 13.2 Å². The average molecular weight is 444 g/mol. The Labute approximate surface area is 184 Å². The minimum atomic E-state index is -0.471. The Bertz CT molecular complexity index is 1620. The van der Waals surface area contributed by atoms with Gasteiger partial charge in [0, 0.05) is 40.1 Å². The van der Waals surface area contributed by atoms with Gasteiger partial charge in [-0.1, -0.05) is 0 Å². The number of ether oxygens (including phenoxy) is 2. The molecule has 0 amide bonds. The van der Waals surface area contributed by atoms with Gasteiger partial charge in [0.05, 0.1) is 25.7 Å². The van der Waals surface area contributed by atoms with Crippen LogP contribution >= 0.6 is 0 Å². The largest absolute Gasteiger partial charge is 0.486 e. The molecule has 0 bridgehead atoms. The lowest BCUT2D eigenvalue weighted by Gasteiger charge is -2.11. The van der Waals surface area contributed by atoms with E-state index in [2.05, 4.69) is 0 Å². The van der Waals surface area contributed by atoms with E-state index in [0.29, 0.717) is 40.3 Å². The Morgan fingerprint density at radius 1 is 0.576 bits per heavy atom. The summed E-state index contributed by atoms with van der Waals surface area (Å²) in [5, 5.41) is 3.16. The van der Waals surface area contributed by atoms with Gasteiger partial charge in [0.1, 0.15) is 0 Å². The van der Waals surface area contributed by atoms with Gasteiger partial charge in [0.15, 0.2) is 22.3 Å². The van der Waals surface area contributed by atoms with Gasteiger partial charge in [-0.15, -0.1) is 0 Å². The zero-order chi connectivity index (χ0) is 22.4. The molecule has 0 fully saturated rings. The van der Waals surface area contributed by atoms with Gasteiger partial charge >= 0.3 is 11.3 Å². The van der Waals surface area contributed by atoms with Gasteiger partial charge in [-0.25, -0.2) is 9.59 Å². The van der Waals surface area contributed by atoms with Crippen molar-refractivity contribution < 1.29 is 27.1 Å². The first-order valence-corrected chi connectivity index (χ1v) is 10.3. The number of benzene rings is 2. The summed E-state index contributed by atoms with van der Waals surface area (Å²) in [6.45, 7) is 0.535. The lowest BCUT2D eigenvalue weighted by atomic mass is 10.1. The fourth-order valence-electron chi connectivity index (χ4n) is 3.88. The lowest BCUT2D eigenvalue weighted by molar-refractivity contribution is 0.246. The van der Waals surface area contributed by atoms with E-state index in [1.807, 2.05) is 24.3 Å². The van der Waals surface area contributed by atoms with E-state index in [1.54, 1.807) is 24.7 Å². The van der Waals surface area contributed by atoms with Crippen molar-refractivity contribution in [2.45, 2.75) is 6.42 Å². The third-order valence-corrected chi connectivity index (χ3v) is 5.35. The molecule has 0 aliphatic heterocycles. The van der Waals surface area contributed by atoms with Crippen LogP contribution < -0.4 is 20.7 Å². The third-order valence-electron chi connectivity index (χ3n) is 5.35. The topological polar surface area (TPSA) is 105 Å². The molecule has 4 aromatic heterocycles. The summed E-state index contributed by atoms with van der Waals surface area (Å²) in [6.07, 6.45) is 3.60. The average Bonchev–Trinajstić information content (AvgIpc) is 3.47. The molecule has 0 saturated carbocycles. The van der Waals surface area contributed by atoms with Crippen molar-refractivity contribution in [1.29, 1.82) is 0 Å². The summed E-state index contributed by atoms with van der Waals surface area (Å²) < 4.78 is 33.8. The molecule has 8 nitrogen and oxygen atoms in total. The molecular weight excluding hydrogens is 428 g/mol. The molecule has 0 N–H and O–H groups in total. The summed E-state index contributed by atoms with van der Waals surface area (Å²) in [5.41, 5.74) is 0.734.